The molecule has 0 heterocycles. The van der Waals surface area contributed by atoms with Gasteiger partial charge in [-0.25, -0.2) is 9.13 Å². The number of unbranched alkanes of at least 4 members (excludes halogenated alkanes) is 34. The predicted octanol–water partition coefficient (Wildman–Crippen LogP) is 26.0. The first-order valence-corrected chi connectivity index (χ1v) is 46.1. The second-order valence-corrected chi connectivity index (χ2v) is 31.5. The summed E-state index contributed by atoms with van der Waals surface area (Å²) in [7, 11) is -9.82. The molecule has 0 aromatic heterocycles. The molecule has 0 radical (unpaired) electrons. The van der Waals surface area contributed by atoms with Crippen LogP contribution in [0.15, 0.2) is 146 Å². The van der Waals surface area contributed by atoms with E-state index in [0.29, 0.717) is 19.3 Å². The minimum atomic E-state index is -4.95. The molecule has 0 spiro atoms. The summed E-state index contributed by atoms with van der Waals surface area (Å²) in [5.41, 5.74) is 0. The Kier molecular flexibility index (Phi) is 79.4. The van der Waals surface area contributed by atoms with Gasteiger partial charge in [0.1, 0.15) is 25.4 Å². The van der Waals surface area contributed by atoms with Crippen LogP contribution in [0.25, 0.3) is 0 Å². The lowest BCUT2D eigenvalue weighted by molar-refractivity contribution is -0.161. The number of phosphoric ester groups is 2. The SMILES string of the molecule is CCCCC/C=C\C/C=C\C/C=C\C/C=C\CCCCCCCCCCCCCCCCCC(=O)OCC(O)COP(=O)(O)OCC(O)COP(=O)(O)OCC(COC(=O)CCCCCCC/C=C\C/C=C\C/C=C\C/C=C\CCCCC)OC(=O)CCCCCCC/C=C\C/C=C\C/C=C\C/C=C\CCCCC. The highest BCUT2D eigenvalue weighted by molar-refractivity contribution is 7.47. The number of rotatable bonds is 81. The average Bonchev–Trinajstić information content (AvgIpc) is 0.903. The standard InChI is InChI=1S/C91H156O16P2/c1-4-7-10-13-16-19-22-25-28-31-34-37-38-39-40-41-42-43-44-45-46-49-51-53-56-59-62-65-68-71-74-77-89(94)101-80-86(92)81-103-108(97,98)104-82-87(93)83-105-109(99,100)106-85-88(107-91(96)79-76-73-70-67-64-61-58-55-52-48-36-33-30-27-24-21-18-15-12-9-6-3)84-102-90(95)78-75-72-69-66-63-60-57-54-50-47-35-32-29-26-23-20-17-14-11-8-5-2/h16-21,25-30,34-37,39-40,47-48,54-55,57-58,86-88,92-93H,4-15,22-24,31-33,38,41-46,49-53,56,59-85H2,1-3H3,(H,97,98)(H,99,100)/b19-16-,20-17-,21-18-,28-25-,29-26-,30-27-,37-34-,40-39-,47-35-,48-36-,57-54-,58-55-. The summed E-state index contributed by atoms with van der Waals surface area (Å²) >= 11 is 0. The molecule has 5 atom stereocenters. The molecular weight excluding hydrogens is 1410 g/mol. The highest BCUT2D eigenvalue weighted by Crippen LogP contribution is 2.45. The molecule has 0 rings (SSSR count). The van der Waals surface area contributed by atoms with E-state index in [1.165, 1.54) is 148 Å². The van der Waals surface area contributed by atoms with E-state index in [1.807, 2.05) is 0 Å². The fourth-order valence-electron chi connectivity index (χ4n) is 11.4. The van der Waals surface area contributed by atoms with Crippen molar-refractivity contribution in [3.63, 3.8) is 0 Å². The van der Waals surface area contributed by atoms with Crippen LogP contribution in [0, 0.1) is 0 Å². The maximum Gasteiger partial charge on any atom is 0.472 e. The summed E-state index contributed by atoms with van der Waals surface area (Å²) in [4.78, 5) is 58.8. The van der Waals surface area contributed by atoms with Crippen LogP contribution in [0.4, 0.5) is 0 Å². The van der Waals surface area contributed by atoms with Gasteiger partial charge in [-0.15, -0.1) is 0 Å². The van der Waals surface area contributed by atoms with Gasteiger partial charge in [0.2, 0.25) is 0 Å². The number of allylic oxidation sites excluding steroid dienone is 24. The van der Waals surface area contributed by atoms with Crippen LogP contribution in [0.2, 0.25) is 0 Å². The number of esters is 3. The monoisotopic (exact) mass is 1570 g/mol. The highest BCUT2D eigenvalue weighted by atomic mass is 31.2. The quantitative estimate of drug-likeness (QED) is 0.0146. The van der Waals surface area contributed by atoms with Gasteiger partial charge in [-0.3, -0.25) is 32.5 Å². The Morgan fingerprint density at radius 1 is 0.257 bits per heavy atom. The molecule has 0 aliphatic rings. The lowest BCUT2D eigenvalue weighted by atomic mass is 10.0. The summed E-state index contributed by atoms with van der Waals surface area (Å²) in [6.45, 7) is 2.58. The largest absolute Gasteiger partial charge is 0.472 e. The number of ether oxygens (including phenoxy) is 3. The lowest BCUT2D eigenvalue weighted by Crippen LogP contribution is -2.30. The zero-order valence-corrected chi connectivity index (χ0v) is 70.5. The van der Waals surface area contributed by atoms with Crippen molar-refractivity contribution in [3.8, 4) is 0 Å². The van der Waals surface area contributed by atoms with Gasteiger partial charge in [0.05, 0.1) is 26.4 Å². The molecule has 0 aromatic carbocycles. The van der Waals surface area contributed by atoms with E-state index in [-0.39, 0.29) is 19.3 Å². The molecule has 0 fully saturated rings. The first kappa shape index (κ1) is 104. The molecule has 16 nitrogen and oxygen atoms in total. The molecule has 4 N–H and O–H groups in total. The van der Waals surface area contributed by atoms with E-state index in [4.69, 9.17) is 32.3 Å². The first-order chi connectivity index (χ1) is 53.2. The number of hydrogen-bond donors (Lipinski definition) is 4. The van der Waals surface area contributed by atoms with Gasteiger partial charge in [0, 0.05) is 19.3 Å². The topological polar surface area (TPSA) is 231 Å². The van der Waals surface area contributed by atoms with Crippen LogP contribution in [0.1, 0.15) is 355 Å². The summed E-state index contributed by atoms with van der Waals surface area (Å²) in [6.07, 6.45) is 103. The maximum atomic E-state index is 13.0. The van der Waals surface area contributed by atoms with E-state index < -0.39 is 91.5 Å². The molecule has 0 amide bonds. The zero-order chi connectivity index (χ0) is 79.4. The minimum Gasteiger partial charge on any atom is -0.463 e. The summed E-state index contributed by atoms with van der Waals surface area (Å²) in [5.74, 6) is -1.61. The maximum absolute atomic E-state index is 13.0. The minimum absolute atomic E-state index is 0.0752. The molecule has 0 aliphatic carbocycles. The first-order valence-electron chi connectivity index (χ1n) is 43.1. The third-order valence-corrected chi connectivity index (χ3v) is 19.9. The Balaban J connectivity index is 4.60. The average molecular weight is 1570 g/mol. The van der Waals surface area contributed by atoms with Crippen LogP contribution in [-0.2, 0) is 55.8 Å². The molecule has 0 bridgehead atoms. The van der Waals surface area contributed by atoms with Crippen molar-refractivity contribution >= 4 is 33.6 Å². The van der Waals surface area contributed by atoms with Gasteiger partial charge in [-0.05, 0) is 154 Å². The Morgan fingerprint density at radius 2 is 0.459 bits per heavy atom. The van der Waals surface area contributed by atoms with E-state index in [0.717, 1.165) is 148 Å². The van der Waals surface area contributed by atoms with Gasteiger partial charge in [0.25, 0.3) is 0 Å². The molecule has 109 heavy (non-hydrogen) atoms. The van der Waals surface area contributed by atoms with E-state index in [2.05, 4.69) is 167 Å². The van der Waals surface area contributed by atoms with Crippen molar-refractivity contribution in [2.75, 3.05) is 39.6 Å². The second kappa shape index (κ2) is 82.9. The molecular formula is C91H156O16P2. The van der Waals surface area contributed by atoms with Crippen molar-refractivity contribution in [3.05, 3.63) is 146 Å². The number of hydrogen-bond acceptors (Lipinski definition) is 14. The van der Waals surface area contributed by atoms with E-state index in [9.17, 15) is 43.5 Å². The van der Waals surface area contributed by atoms with Crippen LogP contribution >= 0.6 is 15.6 Å². The Hall–Kier alpha value is -4.57. The molecule has 18 heteroatoms. The van der Waals surface area contributed by atoms with Crippen LogP contribution < -0.4 is 0 Å². The summed E-state index contributed by atoms with van der Waals surface area (Å²) in [5, 5.41) is 20.7. The number of carbonyl (C=O) groups excluding carboxylic acids is 3. The van der Waals surface area contributed by atoms with E-state index >= 15 is 0 Å². The Morgan fingerprint density at radius 3 is 0.725 bits per heavy atom. The Labute approximate surface area is 664 Å². The smallest absolute Gasteiger partial charge is 0.463 e. The zero-order valence-electron chi connectivity index (χ0n) is 68.7. The third kappa shape index (κ3) is 84.2. The van der Waals surface area contributed by atoms with Gasteiger partial charge < -0.3 is 34.2 Å². The fourth-order valence-corrected chi connectivity index (χ4v) is 13.0. The van der Waals surface area contributed by atoms with Crippen molar-refractivity contribution < 1.29 is 75.8 Å². The molecule has 0 saturated heterocycles. The number of aliphatic hydroxyl groups is 2. The number of aliphatic hydroxyl groups excluding tert-OH is 2. The molecule has 0 aliphatic heterocycles. The number of carbonyl (C=O) groups is 3. The molecule has 626 valence electrons. The highest BCUT2D eigenvalue weighted by Gasteiger charge is 2.29. The van der Waals surface area contributed by atoms with Gasteiger partial charge >= 0.3 is 33.6 Å². The molecule has 0 aromatic rings. The van der Waals surface area contributed by atoms with E-state index in [1.54, 1.807) is 0 Å². The molecule has 5 unspecified atom stereocenters. The van der Waals surface area contributed by atoms with Gasteiger partial charge in [-0.1, -0.05) is 327 Å². The predicted molar refractivity (Wildman–Crippen MR) is 454 cm³/mol. The van der Waals surface area contributed by atoms with Gasteiger partial charge in [0.15, 0.2) is 6.10 Å². The fraction of sp³-hybridized carbons (Fsp3) is 0.703. The summed E-state index contributed by atoms with van der Waals surface area (Å²) in [6, 6.07) is 0. The van der Waals surface area contributed by atoms with Crippen molar-refractivity contribution in [1.82, 2.24) is 0 Å². The van der Waals surface area contributed by atoms with Crippen LogP contribution in [0.3, 0.4) is 0 Å². The third-order valence-electron chi connectivity index (χ3n) is 18.0. The lowest BCUT2D eigenvalue weighted by Gasteiger charge is -2.21. The normalized spacial score (nSPS) is 14.6. The van der Waals surface area contributed by atoms with Crippen molar-refractivity contribution in [2.24, 2.45) is 0 Å². The Bertz CT molecular complexity index is 2560. The second-order valence-electron chi connectivity index (χ2n) is 28.6. The van der Waals surface area contributed by atoms with Crippen LogP contribution in [-0.4, -0.2) is 95.9 Å². The van der Waals surface area contributed by atoms with Crippen LogP contribution in [0.5, 0.6) is 0 Å². The molecule has 0 saturated carbocycles. The van der Waals surface area contributed by atoms with Gasteiger partial charge in [-0.2, -0.15) is 0 Å². The van der Waals surface area contributed by atoms with Crippen molar-refractivity contribution in [2.45, 2.75) is 373 Å². The number of phosphoric acid groups is 2. The van der Waals surface area contributed by atoms with Crippen molar-refractivity contribution in [1.29, 1.82) is 0 Å². The summed E-state index contributed by atoms with van der Waals surface area (Å²) < 4.78 is 61.3.